The number of rotatable bonds is 6. The van der Waals surface area contributed by atoms with Crippen LogP contribution in [0.2, 0.25) is 0 Å². The first-order valence-electron chi connectivity index (χ1n) is 6.01. The van der Waals surface area contributed by atoms with Crippen molar-refractivity contribution in [3.63, 3.8) is 0 Å². The van der Waals surface area contributed by atoms with Crippen LogP contribution < -0.4 is 11.1 Å². The lowest BCUT2D eigenvalue weighted by atomic mass is 10.0. The number of nitrogens with zero attached hydrogens (tertiary/aromatic N) is 3. The van der Waals surface area contributed by atoms with Gasteiger partial charge in [-0.1, -0.05) is 26.7 Å². The standard InChI is InChI=1S/C11H19N5O2/c1-4-8(5-2)6-13-10-9(16(17)18)7(3)14-11(12)15-10/h8H,4-6H2,1-3H3,(H3,12,13,14,15). The molecule has 0 atom stereocenters. The van der Waals surface area contributed by atoms with Gasteiger partial charge < -0.3 is 11.1 Å². The monoisotopic (exact) mass is 253 g/mol. The van der Waals surface area contributed by atoms with E-state index in [0.29, 0.717) is 12.5 Å². The normalized spacial score (nSPS) is 10.7. The summed E-state index contributed by atoms with van der Waals surface area (Å²) in [6.07, 6.45) is 2.02. The first-order chi connectivity index (χ1) is 8.49. The predicted octanol–water partition coefficient (Wildman–Crippen LogP) is 2.12. The second-order valence-corrected chi connectivity index (χ2v) is 4.18. The second-order valence-electron chi connectivity index (χ2n) is 4.18. The molecule has 100 valence electrons. The minimum atomic E-state index is -0.482. The Morgan fingerprint density at radius 1 is 1.39 bits per heavy atom. The number of aryl methyl sites for hydroxylation is 1. The molecule has 18 heavy (non-hydrogen) atoms. The summed E-state index contributed by atoms with van der Waals surface area (Å²) in [5.41, 5.74) is 5.69. The molecule has 0 saturated carbocycles. The van der Waals surface area contributed by atoms with Crippen molar-refractivity contribution in [2.45, 2.75) is 33.6 Å². The van der Waals surface area contributed by atoms with Crippen LogP contribution in [0.5, 0.6) is 0 Å². The van der Waals surface area contributed by atoms with Gasteiger partial charge in [-0.05, 0) is 12.8 Å². The highest BCUT2D eigenvalue weighted by Gasteiger charge is 2.21. The molecule has 7 heteroatoms. The second kappa shape index (κ2) is 6.13. The molecule has 0 bridgehead atoms. The van der Waals surface area contributed by atoms with E-state index in [2.05, 4.69) is 29.1 Å². The van der Waals surface area contributed by atoms with Crippen molar-refractivity contribution in [1.82, 2.24) is 9.97 Å². The van der Waals surface area contributed by atoms with Gasteiger partial charge in [0.1, 0.15) is 5.69 Å². The van der Waals surface area contributed by atoms with Crippen molar-refractivity contribution in [3.05, 3.63) is 15.8 Å². The fraction of sp³-hybridized carbons (Fsp3) is 0.636. The summed E-state index contributed by atoms with van der Waals surface area (Å²) in [6, 6.07) is 0. The van der Waals surface area contributed by atoms with E-state index in [4.69, 9.17) is 5.73 Å². The van der Waals surface area contributed by atoms with E-state index in [0.717, 1.165) is 12.8 Å². The van der Waals surface area contributed by atoms with Gasteiger partial charge in [0.25, 0.3) is 0 Å². The molecular weight excluding hydrogens is 234 g/mol. The maximum absolute atomic E-state index is 11.0. The zero-order valence-corrected chi connectivity index (χ0v) is 10.9. The average molecular weight is 253 g/mol. The summed E-state index contributed by atoms with van der Waals surface area (Å²) in [5.74, 6) is 0.711. The maximum Gasteiger partial charge on any atom is 0.332 e. The van der Waals surface area contributed by atoms with Crippen LogP contribution >= 0.6 is 0 Å². The van der Waals surface area contributed by atoms with Crippen molar-refractivity contribution >= 4 is 17.5 Å². The molecule has 0 fully saturated rings. The number of hydrogen-bond donors (Lipinski definition) is 2. The number of nitrogens with two attached hydrogens (primary N) is 1. The molecule has 1 aromatic heterocycles. The molecule has 0 unspecified atom stereocenters. The number of hydrogen-bond acceptors (Lipinski definition) is 6. The summed E-state index contributed by atoms with van der Waals surface area (Å²) in [5, 5.41) is 14.0. The Morgan fingerprint density at radius 3 is 2.50 bits per heavy atom. The van der Waals surface area contributed by atoms with E-state index in [1.54, 1.807) is 6.92 Å². The van der Waals surface area contributed by atoms with Crippen molar-refractivity contribution < 1.29 is 4.92 Å². The molecule has 0 aliphatic carbocycles. The van der Waals surface area contributed by atoms with Crippen LogP contribution in [0, 0.1) is 23.0 Å². The van der Waals surface area contributed by atoms with Crippen LogP contribution in [0.15, 0.2) is 0 Å². The van der Waals surface area contributed by atoms with Gasteiger partial charge in [0, 0.05) is 6.54 Å². The molecule has 0 aromatic carbocycles. The van der Waals surface area contributed by atoms with Crippen molar-refractivity contribution in [3.8, 4) is 0 Å². The van der Waals surface area contributed by atoms with E-state index in [-0.39, 0.29) is 23.1 Å². The quantitative estimate of drug-likeness (QED) is 0.594. The first-order valence-corrected chi connectivity index (χ1v) is 6.01. The van der Waals surface area contributed by atoms with Crippen molar-refractivity contribution in [1.29, 1.82) is 0 Å². The minimum absolute atomic E-state index is 0.0464. The third kappa shape index (κ3) is 3.28. The van der Waals surface area contributed by atoms with Crippen LogP contribution in [0.4, 0.5) is 17.5 Å². The van der Waals surface area contributed by atoms with E-state index in [1.807, 2.05) is 0 Å². The maximum atomic E-state index is 11.0. The smallest absolute Gasteiger partial charge is 0.332 e. The molecule has 1 rings (SSSR count). The zero-order valence-electron chi connectivity index (χ0n) is 10.9. The number of anilines is 2. The lowest BCUT2D eigenvalue weighted by Crippen LogP contribution is -2.16. The lowest BCUT2D eigenvalue weighted by Gasteiger charge is -2.14. The number of nitro groups is 1. The average Bonchev–Trinajstić information content (AvgIpc) is 2.28. The summed E-state index contributed by atoms with van der Waals surface area (Å²) < 4.78 is 0. The lowest BCUT2D eigenvalue weighted by molar-refractivity contribution is -0.385. The summed E-state index contributed by atoms with van der Waals surface area (Å²) in [7, 11) is 0. The van der Waals surface area contributed by atoms with Gasteiger partial charge in [-0.3, -0.25) is 10.1 Å². The minimum Gasteiger partial charge on any atom is -0.368 e. The van der Waals surface area contributed by atoms with Crippen LogP contribution in [0.3, 0.4) is 0 Å². The fourth-order valence-corrected chi connectivity index (χ4v) is 1.75. The zero-order chi connectivity index (χ0) is 13.7. The Bertz CT molecular complexity index is 432. The largest absolute Gasteiger partial charge is 0.368 e. The third-order valence-electron chi connectivity index (χ3n) is 2.97. The molecule has 0 spiro atoms. The van der Waals surface area contributed by atoms with E-state index in [9.17, 15) is 10.1 Å². The highest BCUT2D eigenvalue weighted by atomic mass is 16.6. The topological polar surface area (TPSA) is 107 Å². The molecular formula is C11H19N5O2. The van der Waals surface area contributed by atoms with E-state index in [1.165, 1.54) is 0 Å². The van der Waals surface area contributed by atoms with Gasteiger partial charge >= 0.3 is 5.69 Å². The van der Waals surface area contributed by atoms with Gasteiger partial charge in [-0.25, -0.2) is 4.98 Å². The van der Waals surface area contributed by atoms with Crippen LogP contribution in [-0.4, -0.2) is 21.4 Å². The summed E-state index contributed by atoms with van der Waals surface area (Å²) >= 11 is 0. The predicted molar refractivity (Wildman–Crippen MR) is 70.4 cm³/mol. The van der Waals surface area contributed by atoms with Crippen LogP contribution in [0.25, 0.3) is 0 Å². The summed E-state index contributed by atoms with van der Waals surface area (Å²) in [4.78, 5) is 18.2. The Balaban J connectivity index is 2.96. The van der Waals surface area contributed by atoms with Crippen LogP contribution in [0.1, 0.15) is 32.4 Å². The van der Waals surface area contributed by atoms with Gasteiger partial charge in [0.05, 0.1) is 4.92 Å². The fourth-order valence-electron chi connectivity index (χ4n) is 1.75. The van der Waals surface area contributed by atoms with Gasteiger partial charge in [0.2, 0.25) is 11.8 Å². The first kappa shape index (κ1) is 14.1. The van der Waals surface area contributed by atoms with Gasteiger partial charge in [-0.15, -0.1) is 0 Å². The highest BCUT2D eigenvalue weighted by molar-refractivity contribution is 5.60. The Labute approximate surface area is 106 Å². The van der Waals surface area contributed by atoms with Crippen molar-refractivity contribution in [2.75, 3.05) is 17.6 Å². The van der Waals surface area contributed by atoms with E-state index >= 15 is 0 Å². The summed E-state index contributed by atoms with van der Waals surface area (Å²) in [6.45, 7) is 6.37. The van der Waals surface area contributed by atoms with Gasteiger partial charge in [0.15, 0.2) is 0 Å². The Morgan fingerprint density at radius 2 is 2.00 bits per heavy atom. The van der Waals surface area contributed by atoms with E-state index < -0.39 is 4.92 Å². The number of nitrogens with one attached hydrogen (secondary N) is 1. The molecule has 0 amide bonds. The molecule has 0 aliphatic heterocycles. The molecule has 7 nitrogen and oxygen atoms in total. The molecule has 0 saturated heterocycles. The number of aromatic nitrogens is 2. The molecule has 3 N–H and O–H groups in total. The third-order valence-corrected chi connectivity index (χ3v) is 2.97. The molecule has 1 heterocycles. The SMILES string of the molecule is CCC(CC)CNc1nc(N)nc(C)c1[N+](=O)[O-]. The van der Waals surface area contributed by atoms with Crippen molar-refractivity contribution in [2.24, 2.45) is 5.92 Å². The Kier molecular flexibility index (Phi) is 4.82. The van der Waals surface area contributed by atoms with Gasteiger partial charge in [-0.2, -0.15) is 4.98 Å². The molecule has 0 aliphatic rings. The Hall–Kier alpha value is -1.92. The molecule has 0 radical (unpaired) electrons. The highest BCUT2D eigenvalue weighted by Crippen LogP contribution is 2.26. The molecule has 1 aromatic rings. The van der Waals surface area contributed by atoms with Crippen LogP contribution in [-0.2, 0) is 0 Å². The number of nitrogen functional groups attached to an aromatic ring is 1.